The Morgan fingerprint density at radius 3 is 2.57 bits per heavy atom. The van der Waals surface area contributed by atoms with Crippen molar-refractivity contribution >= 4 is 62.8 Å². The minimum atomic E-state index is -0.560. The lowest BCUT2D eigenvalue weighted by Crippen LogP contribution is -2.24. The van der Waals surface area contributed by atoms with Gasteiger partial charge in [0.1, 0.15) is 12.2 Å². The van der Waals surface area contributed by atoms with Gasteiger partial charge in [0.2, 0.25) is 11.8 Å². The van der Waals surface area contributed by atoms with E-state index in [0.717, 1.165) is 4.47 Å². The fraction of sp³-hybridized carbons (Fsp3) is 0.211. The van der Waals surface area contributed by atoms with Crippen molar-refractivity contribution in [2.45, 2.75) is 26.4 Å². The number of hydrogen-bond acceptors (Lipinski definition) is 4. The topological polar surface area (TPSA) is 79.8 Å². The van der Waals surface area contributed by atoms with E-state index in [1.165, 1.54) is 12.3 Å². The summed E-state index contributed by atoms with van der Waals surface area (Å²) in [6, 6.07) is 10.1. The molecule has 0 saturated carbocycles. The van der Waals surface area contributed by atoms with Gasteiger partial charge in [-0.1, -0.05) is 39.1 Å². The highest BCUT2D eigenvalue weighted by Crippen LogP contribution is 2.25. The van der Waals surface area contributed by atoms with Crippen LogP contribution in [-0.4, -0.2) is 24.1 Å². The predicted octanol–water partition coefficient (Wildman–Crippen LogP) is 5.02. The molecule has 0 aliphatic heterocycles. The van der Waals surface area contributed by atoms with Gasteiger partial charge in [0.05, 0.1) is 22.4 Å². The van der Waals surface area contributed by atoms with E-state index >= 15 is 0 Å². The Bertz CT molecular complexity index is 904. The van der Waals surface area contributed by atoms with Crippen molar-refractivity contribution < 1.29 is 14.3 Å². The minimum absolute atomic E-state index is 0.00650. The molecule has 0 aromatic heterocycles. The van der Waals surface area contributed by atoms with Crippen LogP contribution in [0.2, 0.25) is 10.0 Å². The van der Waals surface area contributed by atoms with Crippen LogP contribution in [-0.2, 0) is 9.59 Å². The summed E-state index contributed by atoms with van der Waals surface area (Å²) in [5.41, 5.74) is 3.45. The SMILES string of the molecule is CC(C)Oc1ccc(Br)cc1C=NNC(=O)CC(=O)Nc1ccc(Cl)c(Cl)c1. The van der Waals surface area contributed by atoms with Crippen LogP contribution in [0.25, 0.3) is 0 Å². The molecular formula is C19H18BrCl2N3O3. The standard InChI is InChI=1S/C19H18BrCl2N3O3/c1-11(2)28-17-6-3-13(20)7-12(17)10-23-25-19(27)9-18(26)24-14-4-5-15(21)16(22)8-14/h3-8,10-11H,9H2,1-2H3,(H,24,26)(H,25,27). The van der Waals surface area contributed by atoms with Gasteiger partial charge in [-0.05, 0) is 50.2 Å². The van der Waals surface area contributed by atoms with Crippen molar-refractivity contribution in [3.8, 4) is 5.75 Å². The van der Waals surface area contributed by atoms with Gasteiger partial charge in [-0.15, -0.1) is 0 Å². The molecule has 6 nitrogen and oxygen atoms in total. The average molecular weight is 487 g/mol. The fourth-order valence-corrected chi connectivity index (χ4v) is 2.80. The number of ether oxygens (including phenoxy) is 1. The first-order chi connectivity index (χ1) is 13.2. The molecule has 0 spiro atoms. The van der Waals surface area contributed by atoms with Gasteiger partial charge in [0, 0.05) is 15.7 Å². The summed E-state index contributed by atoms with van der Waals surface area (Å²) in [5.74, 6) is -0.430. The Balaban J connectivity index is 1.92. The molecule has 2 aromatic rings. The van der Waals surface area contributed by atoms with Crippen LogP contribution in [0.3, 0.4) is 0 Å². The van der Waals surface area contributed by atoms with Crippen molar-refractivity contribution in [1.82, 2.24) is 5.43 Å². The van der Waals surface area contributed by atoms with Gasteiger partial charge in [0.25, 0.3) is 0 Å². The van der Waals surface area contributed by atoms with E-state index in [-0.39, 0.29) is 6.10 Å². The fourth-order valence-electron chi connectivity index (χ4n) is 2.12. The Labute approximate surface area is 181 Å². The molecule has 2 rings (SSSR count). The lowest BCUT2D eigenvalue weighted by molar-refractivity contribution is -0.126. The zero-order valence-corrected chi connectivity index (χ0v) is 18.2. The molecule has 2 N–H and O–H groups in total. The van der Waals surface area contributed by atoms with E-state index in [9.17, 15) is 9.59 Å². The summed E-state index contributed by atoms with van der Waals surface area (Å²) in [4.78, 5) is 23.9. The third-order valence-corrected chi connectivity index (χ3v) is 4.48. The number of carbonyl (C=O) groups excluding carboxylic acids is 2. The Morgan fingerprint density at radius 2 is 1.89 bits per heavy atom. The third-order valence-electron chi connectivity index (χ3n) is 3.25. The molecule has 0 radical (unpaired) electrons. The second kappa shape index (κ2) is 10.5. The zero-order valence-electron chi connectivity index (χ0n) is 15.1. The monoisotopic (exact) mass is 485 g/mol. The number of rotatable bonds is 7. The predicted molar refractivity (Wildman–Crippen MR) is 115 cm³/mol. The van der Waals surface area contributed by atoms with Crippen LogP contribution in [0.4, 0.5) is 5.69 Å². The number of hydrogen-bond donors (Lipinski definition) is 2. The number of hydrazone groups is 1. The van der Waals surface area contributed by atoms with E-state index in [4.69, 9.17) is 27.9 Å². The smallest absolute Gasteiger partial charge is 0.249 e. The lowest BCUT2D eigenvalue weighted by Gasteiger charge is -2.12. The molecule has 0 saturated heterocycles. The molecule has 0 bridgehead atoms. The summed E-state index contributed by atoms with van der Waals surface area (Å²) < 4.78 is 6.54. The number of benzene rings is 2. The maximum Gasteiger partial charge on any atom is 0.249 e. The molecule has 28 heavy (non-hydrogen) atoms. The first kappa shape index (κ1) is 22.2. The summed E-state index contributed by atoms with van der Waals surface area (Å²) in [6.45, 7) is 3.83. The second-order valence-corrected chi connectivity index (χ2v) is 7.73. The second-order valence-electron chi connectivity index (χ2n) is 6.00. The molecule has 148 valence electrons. The highest BCUT2D eigenvalue weighted by atomic mass is 79.9. The van der Waals surface area contributed by atoms with Gasteiger partial charge in [-0.25, -0.2) is 5.43 Å². The molecule has 0 aliphatic rings. The van der Waals surface area contributed by atoms with Crippen molar-refractivity contribution in [2.24, 2.45) is 5.10 Å². The van der Waals surface area contributed by atoms with Gasteiger partial charge in [-0.2, -0.15) is 5.10 Å². The van der Waals surface area contributed by atoms with Crippen molar-refractivity contribution in [3.05, 3.63) is 56.5 Å². The molecule has 0 fully saturated rings. The van der Waals surface area contributed by atoms with Crippen LogP contribution >= 0.6 is 39.1 Å². The van der Waals surface area contributed by atoms with E-state index in [0.29, 0.717) is 27.0 Å². The number of halogens is 3. The summed E-state index contributed by atoms with van der Waals surface area (Å²) >= 11 is 15.1. The first-order valence-corrected chi connectivity index (χ1v) is 9.82. The first-order valence-electron chi connectivity index (χ1n) is 8.27. The van der Waals surface area contributed by atoms with Crippen LogP contribution in [0, 0.1) is 0 Å². The van der Waals surface area contributed by atoms with Crippen molar-refractivity contribution in [3.63, 3.8) is 0 Å². The Hall–Kier alpha value is -2.09. The molecule has 9 heteroatoms. The average Bonchev–Trinajstić information content (AvgIpc) is 2.60. The van der Waals surface area contributed by atoms with E-state index < -0.39 is 18.2 Å². The maximum atomic E-state index is 11.9. The summed E-state index contributed by atoms with van der Waals surface area (Å²) in [5, 5.41) is 7.14. The summed E-state index contributed by atoms with van der Waals surface area (Å²) in [6.07, 6.45) is 1.05. The molecule has 0 aliphatic carbocycles. The quantitative estimate of drug-likeness (QED) is 0.327. The third kappa shape index (κ3) is 7.14. The molecular weight excluding hydrogens is 469 g/mol. The molecule has 0 atom stereocenters. The van der Waals surface area contributed by atoms with Gasteiger partial charge in [0.15, 0.2) is 0 Å². The van der Waals surface area contributed by atoms with E-state index in [1.54, 1.807) is 18.2 Å². The number of anilines is 1. The van der Waals surface area contributed by atoms with E-state index in [2.05, 4.69) is 31.8 Å². The normalized spacial score (nSPS) is 10.9. The molecule has 0 heterocycles. The molecule has 2 amide bonds. The number of nitrogens with one attached hydrogen (secondary N) is 2. The van der Waals surface area contributed by atoms with E-state index in [1.807, 2.05) is 26.0 Å². The van der Waals surface area contributed by atoms with Crippen LogP contribution < -0.4 is 15.5 Å². The molecule has 0 unspecified atom stereocenters. The Morgan fingerprint density at radius 1 is 1.14 bits per heavy atom. The minimum Gasteiger partial charge on any atom is -0.490 e. The lowest BCUT2D eigenvalue weighted by atomic mass is 10.2. The van der Waals surface area contributed by atoms with Crippen molar-refractivity contribution in [1.29, 1.82) is 0 Å². The molecule has 2 aromatic carbocycles. The van der Waals surface area contributed by atoms with Crippen LogP contribution in [0.5, 0.6) is 5.75 Å². The van der Waals surface area contributed by atoms with Gasteiger partial charge < -0.3 is 10.1 Å². The highest BCUT2D eigenvalue weighted by molar-refractivity contribution is 9.10. The number of amides is 2. The maximum absolute atomic E-state index is 11.9. The zero-order chi connectivity index (χ0) is 20.7. The number of nitrogens with zero attached hydrogens (tertiary/aromatic N) is 1. The van der Waals surface area contributed by atoms with Crippen LogP contribution in [0.1, 0.15) is 25.8 Å². The largest absolute Gasteiger partial charge is 0.490 e. The van der Waals surface area contributed by atoms with Crippen LogP contribution in [0.15, 0.2) is 46.0 Å². The Kier molecular flexibility index (Phi) is 8.29. The van der Waals surface area contributed by atoms with Crippen molar-refractivity contribution in [2.75, 3.05) is 5.32 Å². The number of carbonyl (C=O) groups is 2. The highest BCUT2D eigenvalue weighted by Gasteiger charge is 2.10. The summed E-state index contributed by atoms with van der Waals surface area (Å²) in [7, 11) is 0. The van der Waals surface area contributed by atoms with Gasteiger partial charge >= 0.3 is 0 Å². The van der Waals surface area contributed by atoms with Gasteiger partial charge in [-0.3, -0.25) is 9.59 Å².